The standard InChI is InChI=1S/C19H28N2O4.ClH/c1-23-14-8-16(24-2)15(17(9-14)25-3)11-21-18(22)19-7-5-4-6-13(19)10-20-12-19;/h8-9,13,20H,4-7,10-12H2,1-3H3,(H,21,22);1H/t13-,19+;/m0./s1. The van der Waals surface area contributed by atoms with E-state index in [0.717, 1.165) is 37.9 Å². The minimum absolute atomic E-state index is 0. The van der Waals surface area contributed by atoms with Crippen LogP contribution in [-0.4, -0.2) is 40.3 Å². The Morgan fingerprint density at radius 3 is 2.50 bits per heavy atom. The lowest BCUT2D eigenvalue weighted by molar-refractivity contribution is -0.134. The lowest BCUT2D eigenvalue weighted by Crippen LogP contribution is -2.47. The number of methoxy groups -OCH3 is 3. The number of benzene rings is 1. The number of rotatable bonds is 6. The molecule has 2 atom stereocenters. The number of hydrogen-bond donors (Lipinski definition) is 2. The quantitative estimate of drug-likeness (QED) is 0.788. The summed E-state index contributed by atoms with van der Waals surface area (Å²) in [5, 5.41) is 6.56. The Kier molecular flexibility index (Phi) is 7.01. The molecule has 1 saturated heterocycles. The van der Waals surface area contributed by atoms with Gasteiger partial charge < -0.3 is 24.8 Å². The number of carbonyl (C=O) groups excluding carboxylic acids is 1. The maximum atomic E-state index is 13.0. The molecule has 0 aromatic heterocycles. The van der Waals surface area contributed by atoms with Crippen LogP contribution >= 0.6 is 12.4 Å². The molecule has 0 bridgehead atoms. The van der Waals surface area contributed by atoms with E-state index in [1.807, 2.05) is 12.1 Å². The fraction of sp³-hybridized carbons (Fsp3) is 0.632. The molecule has 2 fully saturated rings. The zero-order valence-corrected chi connectivity index (χ0v) is 16.5. The predicted molar refractivity (Wildman–Crippen MR) is 102 cm³/mol. The first-order chi connectivity index (χ1) is 12.1. The third-order valence-electron chi connectivity index (χ3n) is 5.73. The molecule has 146 valence electrons. The second-order valence-electron chi connectivity index (χ2n) is 6.92. The van der Waals surface area contributed by atoms with Crippen molar-refractivity contribution in [1.82, 2.24) is 10.6 Å². The van der Waals surface area contributed by atoms with Crippen LogP contribution in [0.25, 0.3) is 0 Å². The van der Waals surface area contributed by atoms with Gasteiger partial charge in [-0.05, 0) is 25.3 Å². The molecule has 0 unspecified atom stereocenters. The van der Waals surface area contributed by atoms with Gasteiger partial charge in [-0.2, -0.15) is 0 Å². The van der Waals surface area contributed by atoms with Crippen molar-refractivity contribution in [3.05, 3.63) is 17.7 Å². The van der Waals surface area contributed by atoms with Gasteiger partial charge in [0, 0.05) is 18.7 Å². The molecule has 2 N–H and O–H groups in total. The Hall–Kier alpha value is -1.66. The first-order valence-corrected chi connectivity index (χ1v) is 8.92. The fourth-order valence-electron chi connectivity index (χ4n) is 4.29. The summed E-state index contributed by atoms with van der Waals surface area (Å²) in [6.45, 7) is 2.10. The molecule has 0 spiro atoms. The number of carbonyl (C=O) groups is 1. The summed E-state index contributed by atoms with van der Waals surface area (Å²) in [5.74, 6) is 2.55. The molecular weight excluding hydrogens is 356 g/mol. The van der Waals surface area contributed by atoms with Crippen molar-refractivity contribution >= 4 is 18.3 Å². The van der Waals surface area contributed by atoms with Crippen molar-refractivity contribution in [2.45, 2.75) is 32.2 Å². The number of halogens is 1. The van der Waals surface area contributed by atoms with Crippen LogP contribution in [0, 0.1) is 11.3 Å². The monoisotopic (exact) mass is 384 g/mol. The molecule has 1 heterocycles. The highest BCUT2D eigenvalue weighted by Crippen LogP contribution is 2.44. The molecule has 26 heavy (non-hydrogen) atoms. The maximum absolute atomic E-state index is 13.0. The zero-order valence-electron chi connectivity index (χ0n) is 15.7. The summed E-state index contributed by atoms with van der Waals surface area (Å²) in [7, 11) is 4.82. The molecule has 1 saturated carbocycles. The molecule has 7 heteroatoms. The molecule has 0 radical (unpaired) electrons. The molecule has 1 aromatic carbocycles. The fourth-order valence-corrected chi connectivity index (χ4v) is 4.29. The number of ether oxygens (including phenoxy) is 3. The Morgan fingerprint density at radius 2 is 1.88 bits per heavy atom. The van der Waals surface area contributed by atoms with Gasteiger partial charge in [-0.3, -0.25) is 4.79 Å². The largest absolute Gasteiger partial charge is 0.496 e. The molecule has 1 aliphatic heterocycles. The highest BCUT2D eigenvalue weighted by molar-refractivity contribution is 5.85. The summed E-state index contributed by atoms with van der Waals surface area (Å²) >= 11 is 0. The number of hydrogen-bond acceptors (Lipinski definition) is 5. The summed E-state index contributed by atoms with van der Waals surface area (Å²) in [6.07, 6.45) is 4.45. The normalized spacial score (nSPS) is 24.2. The van der Waals surface area contributed by atoms with Gasteiger partial charge in [0.2, 0.25) is 5.91 Å². The van der Waals surface area contributed by atoms with Crippen molar-refractivity contribution in [3.8, 4) is 17.2 Å². The van der Waals surface area contributed by atoms with E-state index in [1.165, 1.54) is 6.42 Å². The van der Waals surface area contributed by atoms with Gasteiger partial charge in [0.15, 0.2) is 0 Å². The van der Waals surface area contributed by atoms with Crippen LogP contribution in [0.3, 0.4) is 0 Å². The van der Waals surface area contributed by atoms with Crippen LogP contribution in [-0.2, 0) is 11.3 Å². The van der Waals surface area contributed by atoms with Gasteiger partial charge in [-0.1, -0.05) is 12.8 Å². The van der Waals surface area contributed by atoms with Crippen LogP contribution < -0.4 is 24.8 Å². The van der Waals surface area contributed by atoms with Crippen LogP contribution in [0.5, 0.6) is 17.2 Å². The molecule has 2 aliphatic rings. The average molecular weight is 385 g/mol. The Morgan fingerprint density at radius 1 is 1.19 bits per heavy atom. The molecular formula is C19H29ClN2O4. The van der Waals surface area contributed by atoms with Gasteiger partial charge in [-0.25, -0.2) is 0 Å². The maximum Gasteiger partial charge on any atom is 0.228 e. The van der Waals surface area contributed by atoms with E-state index < -0.39 is 0 Å². The van der Waals surface area contributed by atoms with Crippen molar-refractivity contribution in [2.24, 2.45) is 11.3 Å². The highest BCUT2D eigenvalue weighted by atomic mass is 35.5. The Labute approximate surface area is 161 Å². The summed E-state index contributed by atoms with van der Waals surface area (Å²) < 4.78 is 16.2. The number of nitrogens with one attached hydrogen (secondary N) is 2. The van der Waals surface area contributed by atoms with Gasteiger partial charge in [0.05, 0.1) is 38.9 Å². The first-order valence-electron chi connectivity index (χ1n) is 8.92. The minimum atomic E-state index is -0.259. The van der Waals surface area contributed by atoms with Crippen LogP contribution in [0.1, 0.15) is 31.2 Å². The van der Waals surface area contributed by atoms with Gasteiger partial charge >= 0.3 is 0 Å². The summed E-state index contributed by atoms with van der Waals surface area (Å²) in [6, 6.07) is 3.62. The van der Waals surface area contributed by atoms with Gasteiger partial charge in [0.1, 0.15) is 17.2 Å². The van der Waals surface area contributed by atoms with E-state index in [4.69, 9.17) is 14.2 Å². The summed E-state index contributed by atoms with van der Waals surface area (Å²) in [4.78, 5) is 13.0. The Bertz CT molecular complexity index is 615. The van der Waals surface area contributed by atoms with Crippen LogP contribution in [0.2, 0.25) is 0 Å². The average Bonchev–Trinajstić information content (AvgIpc) is 3.10. The van der Waals surface area contributed by atoms with Crippen LogP contribution in [0.4, 0.5) is 0 Å². The van der Waals surface area contributed by atoms with Crippen molar-refractivity contribution in [2.75, 3.05) is 34.4 Å². The molecule has 1 aromatic rings. The number of amides is 1. The lowest BCUT2D eigenvalue weighted by Gasteiger charge is -2.37. The third-order valence-corrected chi connectivity index (χ3v) is 5.73. The topological polar surface area (TPSA) is 68.8 Å². The van der Waals surface area contributed by atoms with Crippen molar-refractivity contribution < 1.29 is 19.0 Å². The predicted octanol–water partition coefficient (Wildman–Crippen LogP) is 2.53. The first kappa shape index (κ1) is 20.6. The van der Waals surface area contributed by atoms with E-state index in [9.17, 15) is 4.79 Å². The molecule has 3 rings (SSSR count). The summed E-state index contributed by atoms with van der Waals surface area (Å²) in [5.41, 5.74) is 0.569. The van der Waals surface area contributed by atoms with Gasteiger partial charge in [0.25, 0.3) is 0 Å². The van der Waals surface area contributed by atoms with Gasteiger partial charge in [-0.15, -0.1) is 12.4 Å². The molecule has 1 amide bonds. The molecule has 1 aliphatic carbocycles. The third kappa shape index (κ3) is 3.71. The Balaban J connectivity index is 0.00000243. The second kappa shape index (κ2) is 8.82. The lowest BCUT2D eigenvalue weighted by atomic mass is 9.67. The zero-order chi connectivity index (χ0) is 17.9. The SMILES string of the molecule is COc1cc(OC)c(CNC(=O)[C@@]23CCCC[C@H]2CNC3)c(OC)c1.Cl. The van der Waals surface area contributed by atoms with E-state index in [1.54, 1.807) is 21.3 Å². The van der Waals surface area contributed by atoms with Crippen LogP contribution in [0.15, 0.2) is 12.1 Å². The van der Waals surface area contributed by atoms with E-state index in [2.05, 4.69) is 10.6 Å². The van der Waals surface area contributed by atoms with E-state index in [0.29, 0.717) is 29.7 Å². The second-order valence-corrected chi connectivity index (χ2v) is 6.92. The van der Waals surface area contributed by atoms with E-state index >= 15 is 0 Å². The van der Waals surface area contributed by atoms with E-state index in [-0.39, 0.29) is 23.7 Å². The highest BCUT2D eigenvalue weighted by Gasteiger charge is 2.49. The van der Waals surface area contributed by atoms with Crippen molar-refractivity contribution in [3.63, 3.8) is 0 Å². The van der Waals surface area contributed by atoms with Crippen molar-refractivity contribution in [1.29, 1.82) is 0 Å². The minimum Gasteiger partial charge on any atom is -0.496 e. The smallest absolute Gasteiger partial charge is 0.228 e. The number of fused-ring (bicyclic) bond motifs is 1. The molecule has 6 nitrogen and oxygen atoms in total.